The third-order valence-corrected chi connectivity index (χ3v) is 5.28. The fourth-order valence-electron chi connectivity index (χ4n) is 3.66. The number of hydrogen-bond acceptors (Lipinski definition) is 6. The molecular formula is C22H28N4O3. The van der Waals surface area contributed by atoms with Crippen molar-refractivity contribution >= 4 is 28.7 Å². The number of anilines is 4. The second kappa shape index (κ2) is 8.61. The maximum Gasteiger partial charge on any atom is 0.243 e. The van der Waals surface area contributed by atoms with Gasteiger partial charge in [-0.15, -0.1) is 0 Å². The highest BCUT2D eigenvalue weighted by Crippen LogP contribution is 2.34. The lowest BCUT2D eigenvalue weighted by Gasteiger charge is -2.31. The van der Waals surface area contributed by atoms with Gasteiger partial charge >= 0.3 is 0 Å². The van der Waals surface area contributed by atoms with E-state index in [0.29, 0.717) is 19.7 Å². The number of carbonyl (C=O) groups excluding carboxylic acids is 1. The van der Waals surface area contributed by atoms with E-state index in [4.69, 9.17) is 9.47 Å². The van der Waals surface area contributed by atoms with Crippen molar-refractivity contribution in [2.75, 3.05) is 80.1 Å². The van der Waals surface area contributed by atoms with Crippen LogP contribution in [0.2, 0.25) is 0 Å². The van der Waals surface area contributed by atoms with Crippen molar-refractivity contribution in [3.63, 3.8) is 0 Å². The number of morpholine rings is 1. The van der Waals surface area contributed by atoms with Crippen molar-refractivity contribution in [2.45, 2.75) is 0 Å². The van der Waals surface area contributed by atoms with Crippen LogP contribution in [0.1, 0.15) is 0 Å². The highest BCUT2D eigenvalue weighted by molar-refractivity contribution is 5.94. The molecule has 2 aliphatic heterocycles. The second-order valence-corrected chi connectivity index (χ2v) is 7.51. The summed E-state index contributed by atoms with van der Waals surface area (Å²) < 4.78 is 11.2. The Morgan fingerprint density at radius 2 is 1.79 bits per heavy atom. The van der Waals surface area contributed by atoms with Crippen molar-refractivity contribution in [1.82, 2.24) is 0 Å². The number of amides is 1. The van der Waals surface area contributed by atoms with Crippen molar-refractivity contribution in [3.8, 4) is 5.75 Å². The zero-order valence-corrected chi connectivity index (χ0v) is 17.1. The molecule has 0 unspecified atom stereocenters. The van der Waals surface area contributed by atoms with Gasteiger partial charge in [-0.25, -0.2) is 0 Å². The first kappa shape index (κ1) is 19.4. The summed E-state index contributed by atoms with van der Waals surface area (Å²) in [4.78, 5) is 19.0. The summed E-state index contributed by atoms with van der Waals surface area (Å²) in [6, 6.07) is 14.1. The highest BCUT2D eigenvalue weighted by Gasteiger charge is 2.21. The van der Waals surface area contributed by atoms with Crippen molar-refractivity contribution in [2.24, 2.45) is 0 Å². The zero-order valence-electron chi connectivity index (χ0n) is 17.1. The molecule has 1 N–H and O–H groups in total. The van der Waals surface area contributed by atoms with Crippen LogP contribution in [0.4, 0.5) is 22.7 Å². The van der Waals surface area contributed by atoms with Gasteiger partial charge < -0.3 is 29.5 Å². The Labute approximate surface area is 171 Å². The predicted molar refractivity (Wildman–Crippen MR) is 117 cm³/mol. The molecule has 2 aromatic carbocycles. The molecule has 2 aromatic rings. The molecule has 1 fully saturated rings. The first-order valence-corrected chi connectivity index (χ1v) is 10.0. The molecule has 4 rings (SSSR count). The first-order chi connectivity index (χ1) is 14.1. The van der Waals surface area contributed by atoms with E-state index in [-0.39, 0.29) is 5.91 Å². The van der Waals surface area contributed by atoms with Crippen LogP contribution >= 0.6 is 0 Å². The molecule has 29 heavy (non-hydrogen) atoms. The number of fused-ring (bicyclic) bond motifs is 1. The molecule has 0 atom stereocenters. The van der Waals surface area contributed by atoms with E-state index < -0.39 is 0 Å². The van der Waals surface area contributed by atoms with Crippen LogP contribution in [-0.4, -0.2) is 66.0 Å². The maximum atomic E-state index is 12.6. The number of nitrogens with zero attached hydrogens (tertiary/aromatic N) is 3. The normalized spacial score (nSPS) is 16.1. The molecule has 0 radical (unpaired) electrons. The van der Waals surface area contributed by atoms with Gasteiger partial charge in [-0.2, -0.15) is 0 Å². The van der Waals surface area contributed by atoms with Crippen molar-refractivity contribution < 1.29 is 14.3 Å². The van der Waals surface area contributed by atoms with Gasteiger partial charge in [0.25, 0.3) is 0 Å². The Morgan fingerprint density at radius 1 is 1.03 bits per heavy atom. The van der Waals surface area contributed by atoms with Gasteiger partial charge in [-0.05, 0) is 36.4 Å². The van der Waals surface area contributed by atoms with E-state index in [9.17, 15) is 4.79 Å². The predicted octanol–water partition coefficient (Wildman–Crippen LogP) is 2.43. The Hall–Kier alpha value is -2.93. The summed E-state index contributed by atoms with van der Waals surface area (Å²) in [5.74, 6) is 0.791. The summed E-state index contributed by atoms with van der Waals surface area (Å²) in [5.41, 5.74) is 4.00. The lowest BCUT2D eigenvalue weighted by molar-refractivity contribution is -0.115. The fraction of sp³-hybridized carbons (Fsp3) is 0.409. The molecule has 0 saturated carbocycles. The van der Waals surface area contributed by atoms with Gasteiger partial charge in [-0.3, -0.25) is 4.79 Å². The van der Waals surface area contributed by atoms with Crippen LogP contribution in [-0.2, 0) is 9.53 Å². The molecule has 1 saturated heterocycles. The van der Waals surface area contributed by atoms with Crippen LogP contribution in [0, 0.1) is 0 Å². The Balaban J connectivity index is 1.38. The summed E-state index contributed by atoms with van der Waals surface area (Å²) in [6.45, 7) is 4.88. The summed E-state index contributed by atoms with van der Waals surface area (Å²) in [7, 11) is 4.00. The number of hydrogen-bond donors (Lipinski definition) is 1. The van der Waals surface area contributed by atoms with Gasteiger partial charge in [0.2, 0.25) is 5.91 Å². The number of carbonyl (C=O) groups is 1. The van der Waals surface area contributed by atoms with Crippen molar-refractivity contribution in [3.05, 3.63) is 42.5 Å². The minimum atomic E-state index is -0.0336. The monoisotopic (exact) mass is 396 g/mol. The third kappa shape index (κ3) is 4.56. The lowest BCUT2D eigenvalue weighted by Crippen LogP contribution is -2.39. The van der Waals surface area contributed by atoms with Gasteiger partial charge in [0.05, 0.1) is 32.0 Å². The molecule has 2 heterocycles. The quantitative estimate of drug-likeness (QED) is 0.838. The summed E-state index contributed by atoms with van der Waals surface area (Å²) in [6.07, 6.45) is 0. The number of benzene rings is 2. The molecular weight excluding hydrogens is 368 g/mol. The van der Waals surface area contributed by atoms with E-state index in [1.165, 1.54) is 0 Å². The third-order valence-electron chi connectivity index (χ3n) is 5.28. The van der Waals surface area contributed by atoms with Crippen LogP contribution in [0.3, 0.4) is 0 Å². The average molecular weight is 396 g/mol. The van der Waals surface area contributed by atoms with Gasteiger partial charge in [0.15, 0.2) is 0 Å². The Bertz CT molecular complexity index is 848. The van der Waals surface area contributed by atoms with Gasteiger partial charge in [0.1, 0.15) is 12.4 Å². The molecule has 1 amide bonds. The fourth-order valence-corrected chi connectivity index (χ4v) is 3.66. The largest absolute Gasteiger partial charge is 0.489 e. The topological polar surface area (TPSA) is 57.3 Å². The molecule has 7 nitrogen and oxygen atoms in total. The molecule has 2 aliphatic rings. The molecule has 7 heteroatoms. The zero-order chi connectivity index (χ0) is 20.2. The SMILES string of the molecule is CN(C)c1ccc2c(c1)OCCN2CC(=O)Nc1ccc(N2CCOCC2)cc1. The Morgan fingerprint density at radius 3 is 2.52 bits per heavy atom. The van der Waals surface area contributed by atoms with Gasteiger partial charge in [0, 0.05) is 50.3 Å². The van der Waals surface area contributed by atoms with Crippen molar-refractivity contribution in [1.29, 1.82) is 0 Å². The number of rotatable bonds is 5. The number of ether oxygens (including phenoxy) is 2. The smallest absolute Gasteiger partial charge is 0.243 e. The molecule has 154 valence electrons. The van der Waals surface area contributed by atoms with E-state index >= 15 is 0 Å². The summed E-state index contributed by atoms with van der Waals surface area (Å²) in [5, 5.41) is 3.01. The van der Waals surface area contributed by atoms with Gasteiger partial charge in [-0.1, -0.05) is 0 Å². The van der Waals surface area contributed by atoms with E-state index in [0.717, 1.165) is 54.8 Å². The average Bonchev–Trinajstić information content (AvgIpc) is 2.74. The van der Waals surface area contributed by atoms with E-state index in [1.54, 1.807) is 0 Å². The lowest BCUT2D eigenvalue weighted by atomic mass is 10.2. The second-order valence-electron chi connectivity index (χ2n) is 7.51. The van der Waals surface area contributed by atoms with Crippen LogP contribution in [0.15, 0.2) is 42.5 Å². The van der Waals surface area contributed by atoms with E-state index in [1.807, 2.05) is 61.5 Å². The standard InChI is InChI=1S/C22H28N4O3/c1-24(2)19-7-8-20-21(15-19)29-14-11-26(20)16-22(27)23-17-3-5-18(6-4-17)25-9-12-28-13-10-25/h3-8,15H,9-14,16H2,1-2H3,(H,23,27). The highest BCUT2D eigenvalue weighted by atomic mass is 16.5. The molecule has 0 bridgehead atoms. The molecule has 0 spiro atoms. The van der Waals surface area contributed by atoms with Crippen LogP contribution in [0.25, 0.3) is 0 Å². The minimum absolute atomic E-state index is 0.0336. The molecule has 0 aromatic heterocycles. The minimum Gasteiger partial charge on any atom is -0.489 e. The molecule has 0 aliphatic carbocycles. The van der Waals surface area contributed by atoms with E-state index in [2.05, 4.69) is 15.1 Å². The number of nitrogens with one attached hydrogen (secondary N) is 1. The van der Waals surface area contributed by atoms with Crippen LogP contribution < -0.4 is 24.8 Å². The summed E-state index contributed by atoms with van der Waals surface area (Å²) >= 11 is 0. The van der Waals surface area contributed by atoms with Crippen LogP contribution in [0.5, 0.6) is 5.75 Å². The maximum absolute atomic E-state index is 12.6. The Kier molecular flexibility index (Phi) is 5.76. The first-order valence-electron chi connectivity index (χ1n) is 10.0.